The fraction of sp³-hybridized carbons (Fsp3) is 0.143. The third kappa shape index (κ3) is 3.90. The van der Waals surface area contributed by atoms with Gasteiger partial charge in [0, 0.05) is 16.5 Å². The molecule has 2 aromatic heterocycles. The van der Waals surface area contributed by atoms with Crippen LogP contribution in [0.3, 0.4) is 0 Å². The maximum absolute atomic E-state index is 12.0. The number of benzene rings is 2. The Hall–Kier alpha value is -3.65. The van der Waals surface area contributed by atoms with E-state index in [1.165, 1.54) is 0 Å². The fourth-order valence-corrected chi connectivity index (χ4v) is 3.27. The minimum atomic E-state index is -0.732. The Morgan fingerprint density at radius 2 is 1.87 bits per heavy atom. The van der Waals surface area contributed by atoms with Gasteiger partial charge in [0.25, 0.3) is 5.88 Å². The molecule has 0 saturated carbocycles. The number of carbonyl (C=O) groups is 1. The molecule has 2 heterocycles. The smallest absolute Gasteiger partial charge is 0.413 e. The van der Waals surface area contributed by atoms with E-state index in [1.54, 1.807) is 26.1 Å². The second-order valence-corrected chi connectivity index (χ2v) is 7.24. The van der Waals surface area contributed by atoms with Crippen LogP contribution in [0.4, 0.5) is 10.6 Å². The van der Waals surface area contributed by atoms with Crippen LogP contribution in [0.15, 0.2) is 48.7 Å². The summed E-state index contributed by atoms with van der Waals surface area (Å²) in [6.07, 6.45) is 0.596. The molecule has 8 nitrogen and oxygen atoms in total. The van der Waals surface area contributed by atoms with Crippen molar-refractivity contribution in [3.05, 3.63) is 53.7 Å². The quantitative estimate of drug-likeness (QED) is 0.425. The normalized spacial score (nSPS) is 11.1. The van der Waals surface area contributed by atoms with E-state index in [1.807, 2.05) is 36.4 Å². The fourth-order valence-electron chi connectivity index (χ4n) is 3.00. The number of fused-ring (bicyclic) bond motifs is 1. The molecular weight excluding hydrogens is 406 g/mol. The minimum absolute atomic E-state index is 0.0984. The molecule has 4 aromatic rings. The highest BCUT2D eigenvalue weighted by Gasteiger charge is 2.20. The summed E-state index contributed by atoms with van der Waals surface area (Å²) in [4.78, 5) is 20.8. The number of ether oxygens (including phenoxy) is 1. The second kappa shape index (κ2) is 8.00. The van der Waals surface area contributed by atoms with Crippen LogP contribution in [0.2, 0.25) is 5.02 Å². The summed E-state index contributed by atoms with van der Waals surface area (Å²) in [5.41, 5.74) is 2.97. The summed E-state index contributed by atoms with van der Waals surface area (Å²) in [5, 5.41) is 21.0. The molecule has 152 valence electrons. The van der Waals surface area contributed by atoms with Crippen molar-refractivity contribution < 1.29 is 14.6 Å². The molecule has 0 fully saturated rings. The number of nitrogens with one attached hydrogen (secondary N) is 2. The summed E-state index contributed by atoms with van der Waals surface area (Å²) in [5.74, 6) is -0.535. The average molecular weight is 424 g/mol. The molecule has 0 bridgehead atoms. The van der Waals surface area contributed by atoms with E-state index < -0.39 is 12.0 Å². The number of H-pyrrole nitrogens is 1. The molecule has 9 heteroatoms. The van der Waals surface area contributed by atoms with E-state index in [-0.39, 0.29) is 11.9 Å². The van der Waals surface area contributed by atoms with Gasteiger partial charge >= 0.3 is 6.09 Å². The molecule has 0 unspecified atom stereocenters. The minimum Gasteiger partial charge on any atom is -0.491 e. The number of aromatic hydroxyl groups is 1. The van der Waals surface area contributed by atoms with Crippen molar-refractivity contribution in [1.82, 2.24) is 20.2 Å². The van der Waals surface area contributed by atoms with Crippen molar-refractivity contribution in [2.24, 2.45) is 0 Å². The lowest BCUT2D eigenvalue weighted by Gasteiger charge is -2.14. The average Bonchev–Trinajstić information content (AvgIpc) is 3.18. The van der Waals surface area contributed by atoms with Crippen molar-refractivity contribution in [3.8, 4) is 28.4 Å². The van der Waals surface area contributed by atoms with Crippen LogP contribution in [0, 0.1) is 0 Å². The Morgan fingerprint density at radius 3 is 2.60 bits per heavy atom. The molecule has 1 amide bonds. The van der Waals surface area contributed by atoms with Crippen LogP contribution in [0.25, 0.3) is 33.4 Å². The molecule has 0 atom stereocenters. The van der Waals surface area contributed by atoms with Gasteiger partial charge < -0.3 is 9.84 Å². The van der Waals surface area contributed by atoms with E-state index in [0.717, 1.165) is 10.9 Å². The van der Waals surface area contributed by atoms with Gasteiger partial charge in [0.15, 0.2) is 5.82 Å². The lowest BCUT2D eigenvalue weighted by Crippen LogP contribution is -2.19. The summed E-state index contributed by atoms with van der Waals surface area (Å²) in [6, 6.07) is 12.9. The molecule has 0 aliphatic rings. The highest BCUT2D eigenvalue weighted by Crippen LogP contribution is 2.36. The number of carbonyl (C=O) groups excluding carboxylic acids is 1. The summed E-state index contributed by atoms with van der Waals surface area (Å²) < 4.78 is 5.07. The van der Waals surface area contributed by atoms with Crippen molar-refractivity contribution in [2.45, 2.75) is 20.0 Å². The Labute approximate surface area is 176 Å². The zero-order valence-corrected chi connectivity index (χ0v) is 16.9. The number of rotatable bonds is 4. The van der Waals surface area contributed by atoms with Crippen LogP contribution in [-0.2, 0) is 4.74 Å². The van der Waals surface area contributed by atoms with E-state index in [2.05, 4.69) is 25.5 Å². The van der Waals surface area contributed by atoms with Crippen LogP contribution in [0.5, 0.6) is 5.88 Å². The van der Waals surface area contributed by atoms with Crippen molar-refractivity contribution in [3.63, 3.8) is 0 Å². The molecule has 0 aliphatic carbocycles. The maximum Gasteiger partial charge on any atom is 0.413 e. The molecule has 0 spiro atoms. The lowest BCUT2D eigenvalue weighted by atomic mass is 10.0. The molecule has 0 radical (unpaired) electrons. The van der Waals surface area contributed by atoms with Gasteiger partial charge in [0.05, 0.1) is 28.5 Å². The first kappa shape index (κ1) is 19.7. The van der Waals surface area contributed by atoms with Crippen LogP contribution in [-0.4, -0.2) is 37.5 Å². The van der Waals surface area contributed by atoms with Gasteiger partial charge in [-0.2, -0.15) is 5.10 Å². The van der Waals surface area contributed by atoms with Crippen molar-refractivity contribution in [1.29, 1.82) is 0 Å². The first-order valence-electron chi connectivity index (χ1n) is 9.19. The second-order valence-electron chi connectivity index (χ2n) is 6.83. The van der Waals surface area contributed by atoms with Crippen molar-refractivity contribution >= 4 is 34.4 Å². The predicted octanol–water partition coefficient (Wildman–Crippen LogP) is 5.00. The Balaban J connectivity index is 1.87. The predicted molar refractivity (Wildman–Crippen MR) is 114 cm³/mol. The molecular formula is C21H18ClN5O3. The number of hydrogen-bond acceptors (Lipinski definition) is 6. The van der Waals surface area contributed by atoms with E-state index in [4.69, 9.17) is 16.3 Å². The summed E-state index contributed by atoms with van der Waals surface area (Å²) in [7, 11) is 0. The molecule has 3 N–H and O–H groups in total. The summed E-state index contributed by atoms with van der Waals surface area (Å²) in [6.45, 7) is 3.44. The van der Waals surface area contributed by atoms with E-state index in [9.17, 15) is 9.90 Å². The third-order valence-corrected chi connectivity index (χ3v) is 4.56. The molecule has 0 aliphatic heterocycles. The van der Waals surface area contributed by atoms with Gasteiger partial charge in [-0.25, -0.2) is 14.8 Å². The zero-order chi connectivity index (χ0) is 21.3. The van der Waals surface area contributed by atoms with Gasteiger partial charge in [0.1, 0.15) is 5.69 Å². The molecule has 30 heavy (non-hydrogen) atoms. The SMILES string of the molecule is CC(C)OC(=O)Nc1nc(-c2ccccc2)c(-c2cc(Cl)c3[nH]ncc3c2)nc1O. The van der Waals surface area contributed by atoms with Crippen LogP contribution < -0.4 is 5.32 Å². The van der Waals surface area contributed by atoms with Gasteiger partial charge in [-0.05, 0) is 26.0 Å². The largest absolute Gasteiger partial charge is 0.491 e. The highest BCUT2D eigenvalue weighted by atomic mass is 35.5. The topological polar surface area (TPSA) is 113 Å². The monoisotopic (exact) mass is 423 g/mol. The first-order valence-corrected chi connectivity index (χ1v) is 9.57. The van der Waals surface area contributed by atoms with Gasteiger partial charge in [-0.1, -0.05) is 41.9 Å². The zero-order valence-electron chi connectivity index (χ0n) is 16.2. The standard InChI is InChI=1S/C21H18ClN5O3/c1-11(2)30-21(29)26-19-20(28)25-18(17(24-19)12-6-4-3-5-7-12)13-8-14-10-23-27-16(14)15(22)9-13/h3-11H,1-2H3,(H,23,27)(H,25,28)(H,24,26,29). The maximum atomic E-state index is 12.0. The Bertz CT molecular complexity index is 1220. The molecule has 2 aromatic carbocycles. The first-order chi connectivity index (χ1) is 14.4. The number of anilines is 1. The molecule has 0 saturated heterocycles. The number of halogens is 1. The van der Waals surface area contributed by atoms with Gasteiger partial charge in [-0.3, -0.25) is 10.4 Å². The van der Waals surface area contributed by atoms with E-state index >= 15 is 0 Å². The Morgan fingerprint density at radius 1 is 1.13 bits per heavy atom. The number of hydrogen-bond donors (Lipinski definition) is 3. The number of aromatic nitrogens is 4. The van der Waals surface area contributed by atoms with Crippen LogP contribution in [0.1, 0.15) is 13.8 Å². The molecule has 4 rings (SSSR count). The summed E-state index contributed by atoms with van der Waals surface area (Å²) >= 11 is 6.38. The van der Waals surface area contributed by atoms with Crippen molar-refractivity contribution in [2.75, 3.05) is 5.32 Å². The number of amides is 1. The van der Waals surface area contributed by atoms with E-state index in [0.29, 0.717) is 27.5 Å². The van der Waals surface area contributed by atoms with Gasteiger partial charge in [0.2, 0.25) is 0 Å². The number of nitrogens with zero attached hydrogens (tertiary/aromatic N) is 3. The highest BCUT2D eigenvalue weighted by molar-refractivity contribution is 6.35. The number of aromatic amines is 1. The third-order valence-electron chi connectivity index (χ3n) is 4.26. The van der Waals surface area contributed by atoms with Crippen LogP contribution >= 0.6 is 11.6 Å². The Kier molecular flexibility index (Phi) is 5.24. The lowest BCUT2D eigenvalue weighted by molar-refractivity contribution is 0.129. The van der Waals surface area contributed by atoms with Gasteiger partial charge in [-0.15, -0.1) is 0 Å².